The second kappa shape index (κ2) is 6.00. The molecule has 0 saturated heterocycles. The van der Waals surface area contributed by atoms with Crippen LogP contribution in [-0.2, 0) is 0 Å². The molecule has 16 heavy (non-hydrogen) atoms. The van der Waals surface area contributed by atoms with Crippen molar-refractivity contribution in [2.75, 3.05) is 24.5 Å². The number of nitrogens with two attached hydrogens (primary N) is 1. The first-order valence-electron chi connectivity index (χ1n) is 4.99. The SMILES string of the molecule is CCN(CCN)c1ccc([N+](=O)[O-])c(I)c1. The molecule has 0 aliphatic rings. The van der Waals surface area contributed by atoms with Gasteiger partial charge in [-0.05, 0) is 41.6 Å². The summed E-state index contributed by atoms with van der Waals surface area (Å²) >= 11 is 1.98. The van der Waals surface area contributed by atoms with E-state index in [0.717, 1.165) is 18.8 Å². The number of benzene rings is 1. The third-order valence-corrected chi connectivity index (χ3v) is 3.14. The molecule has 0 radical (unpaired) electrons. The van der Waals surface area contributed by atoms with E-state index in [4.69, 9.17) is 5.73 Å². The Labute approximate surface area is 108 Å². The van der Waals surface area contributed by atoms with E-state index in [1.165, 1.54) is 6.07 Å². The summed E-state index contributed by atoms with van der Waals surface area (Å²) in [5.41, 5.74) is 6.63. The van der Waals surface area contributed by atoms with Gasteiger partial charge in [-0.3, -0.25) is 10.1 Å². The first-order valence-corrected chi connectivity index (χ1v) is 6.07. The van der Waals surface area contributed by atoms with E-state index in [2.05, 4.69) is 4.90 Å². The van der Waals surface area contributed by atoms with Gasteiger partial charge in [0.05, 0.1) is 8.49 Å². The fraction of sp³-hybridized carbons (Fsp3) is 0.400. The van der Waals surface area contributed by atoms with Crippen molar-refractivity contribution in [1.29, 1.82) is 0 Å². The van der Waals surface area contributed by atoms with Crippen molar-refractivity contribution in [3.8, 4) is 0 Å². The molecule has 6 heteroatoms. The molecule has 0 atom stereocenters. The zero-order valence-corrected chi connectivity index (χ0v) is 11.2. The number of halogens is 1. The molecule has 5 nitrogen and oxygen atoms in total. The molecule has 0 bridgehead atoms. The third-order valence-electron chi connectivity index (χ3n) is 2.27. The van der Waals surface area contributed by atoms with E-state index < -0.39 is 0 Å². The Morgan fingerprint density at radius 3 is 2.69 bits per heavy atom. The van der Waals surface area contributed by atoms with Crippen LogP contribution in [-0.4, -0.2) is 24.6 Å². The standard InChI is InChI=1S/C10H14IN3O2/c1-2-13(6-5-12)8-3-4-10(14(15)16)9(11)7-8/h3-4,7H,2,5-6,12H2,1H3. The number of hydrogen-bond acceptors (Lipinski definition) is 4. The van der Waals surface area contributed by atoms with Crippen LogP contribution in [0.3, 0.4) is 0 Å². The summed E-state index contributed by atoms with van der Waals surface area (Å²) in [5.74, 6) is 0. The lowest BCUT2D eigenvalue weighted by Crippen LogP contribution is -2.29. The lowest BCUT2D eigenvalue weighted by molar-refractivity contribution is -0.385. The van der Waals surface area contributed by atoms with Crippen LogP contribution in [0.5, 0.6) is 0 Å². The van der Waals surface area contributed by atoms with Crippen LogP contribution in [0, 0.1) is 13.7 Å². The number of anilines is 1. The van der Waals surface area contributed by atoms with Crippen LogP contribution >= 0.6 is 22.6 Å². The zero-order chi connectivity index (χ0) is 12.1. The van der Waals surface area contributed by atoms with E-state index in [9.17, 15) is 10.1 Å². The van der Waals surface area contributed by atoms with Crippen LogP contribution < -0.4 is 10.6 Å². The summed E-state index contributed by atoms with van der Waals surface area (Å²) in [6.45, 7) is 4.20. The molecule has 0 aromatic heterocycles. The van der Waals surface area contributed by atoms with Crippen molar-refractivity contribution in [1.82, 2.24) is 0 Å². The van der Waals surface area contributed by atoms with Crippen molar-refractivity contribution in [2.45, 2.75) is 6.92 Å². The van der Waals surface area contributed by atoms with Gasteiger partial charge in [0.15, 0.2) is 0 Å². The molecule has 1 rings (SSSR count). The first kappa shape index (κ1) is 13.2. The van der Waals surface area contributed by atoms with Crippen LogP contribution in [0.1, 0.15) is 6.92 Å². The minimum Gasteiger partial charge on any atom is -0.371 e. The highest BCUT2D eigenvalue weighted by atomic mass is 127. The minimum absolute atomic E-state index is 0.146. The number of rotatable bonds is 5. The number of hydrogen-bond donors (Lipinski definition) is 1. The van der Waals surface area contributed by atoms with Gasteiger partial charge in [-0.2, -0.15) is 0 Å². The largest absolute Gasteiger partial charge is 0.371 e. The Morgan fingerprint density at radius 1 is 1.56 bits per heavy atom. The molecule has 0 spiro atoms. The van der Waals surface area contributed by atoms with Gasteiger partial charge in [0.1, 0.15) is 0 Å². The van der Waals surface area contributed by atoms with Gasteiger partial charge in [0.2, 0.25) is 0 Å². The van der Waals surface area contributed by atoms with Crippen molar-refractivity contribution in [3.05, 3.63) is 31.9 Å². The third kappa shape index (κ3) is 3.05. The minimum atomic E-state index is -0.370. The maximum Gasteiger partial charge on any atom is 0.282 e. The van der Waals surface area contributed by atoms with Crippen LogP contribution in [0.2, 0.25) is 0 Å². The van der Waals surface area contributed by atoms with Crippen molar-refractivity contribution < 1.29 is 4.92 Å². The summed E-state index contributed by atoms with van der Waals surface area (Å²) in [7, 11) is 0. The Bertz CT molecular complexity index is 384. The lowest BCUT2D eigenvalue weighted by atomic mass is 10.2. The molecule has 0 fully saturated rings. The van der Waals surface area contributed by atoms with Gasteiger partial charge in [-0.1, -0.05) is 0 Å². The van der Waals surface area contributed by atoms with Gasteiger partial charge < -0.3 is 10.6 Å². The lowest BCUT2D eigenvalue weighted by Gasteiger charge is -2.22. The van der Waals surface area contributed by atoms with Crippen molar-refractivity contribution in [2.24, 2.45) is 5.73 Å². The van der Waals surface area contributed by atoms with Gasteiger partial charge in [0.25, 0.3) is 5.69 Å². The van der Waals surface area contributed by atoms with E-state index in [0.29, 0.717) is 10.1 Å². The Hall–Kier alpha value is -0.890. The van der Waals surface area contributed by atoms with Gasteiger partial charge in [-0.15, -0.1) is 0 Å². The molecule has 0 aliphatic heterocycles. The summed E-state index contributed by atoms with van der Waals surface area (Å²) in [4.78, 5) is 12.4. The summed E-state index contributed by atoms with van der Waals surface area (Å²) < 4.78 is 0.649. The molecule has 0 unspecified atom stereocenters. The van der Waals surface area contributed by atoms with E-state index in [1.807, 2.05) is 35.6 Å². The second-order valence-electron chi connectivity index (χ2n) is 3.26. The fourth-order valence-electron chi connectivity index (χ4n) is 1.47. The normalized spacial score (nSPS) is 10.2. The Morgan fingerprint density at radius 2 is 2.25 bits per heavy atom. The molecule has 0 heterocycles. The highest BCUT2D eigenvalue weighted by molar-refractivity contribution is 14.1. The van der Waals surface area contributed by atoms with Gasteiger partial charge in [-0.25, -0.2) is 0 Å². The highest BCUT2D eigenvalue weighted by Crippen LogP contribution is 2.26. The van der Waals surface area contributed by atoms with E-state index in [1.54, 1.807) is 6.07 Å². The summed E-state index contributed by atoms with van der Waals surface area (Å²) in [6, 6.07) is 5.12. The summed E-state index contributed by atoms with van der Waals surface area (Å²) in [6.07, 6.45) is 0. The first-order chi connectivity index (χ1) is 7.60. The predicted molar refractivity (Wildman–Crippen MR) is 72.8 cm³/mol. The molecule has 0 amide bonds. The van der Waals surface area contributed by atoms with E-state index >= 15 is 0 Å². The molecule has 2 N–H and O–H groups in total. The van der Waals surface area contributed by atoms with Crippen molar-refractivity contribution in [3.63, 3.8) is 0 Å². The van der Waals surface area contributed by atoms with Gasteiger partial charge >= 0.3 is 0 Å². The average molecular weight is 335 g/mol. The van der Waals surface area contributed by atoms with Gasteiger partial charge in [0, 0.05) is 31.4 Å². The Kier molecular flexibility index (Phi) is 4.94. The number of nitro groups is 1. The maximum absolute atomic E-state index is 10.7. The quantitative estimate of drug-likeness (QED) is 0.507. The predicted octanol–water partition coefficient (Wildman–Crippen LogP) is 1.98. The number of likely N-dealkylation sites (N-methyl/N-ethyl adjacent to an activating group) is 1. The smallest absolute Gasteiger partial charge is 0.282 e. The van der Waals surface area contributed by atoms with E-state index in [-0.39, 0.29) is 10.6 Å². The number of nitro benzene ring substituents is 1. The molecule has 88 valence electrons. The topological polar surface area (TPSA) is 72.4 Å². The molecule has 1 aromatic rings. The average Bonchev–Trinajstić information content (AvgIpc) is 2.25. The fourth-order valence-corrected chi connectivity index (χ4v) is 2.16. The molecule has 0 saturated carbocycles. The molecule has 0 aliphatic carbocycles. The second-order valence-corrected chi connectivity index (χ2v) is 4.42. The van der Waals surface area contributed by atoms with Crippen LogP contribution in [0.15, 0.2) is 18.2 Å². The maximum atomic E-state index is 10.7. The Balaban J connectivity index is 2.99. The van der Waals surface area contributed by atoms with Crippen LogP contribution in [0.25, 0.3) is 0 Å². The zero-order valence-electron chi connectivity index (χ0n) is 9.02. The van der Waals surface area contributed by atoms with Crippen LogP contribution in [0.4, 0.5) is 11.4 Å². The molecular formula is C10H14IN3O2. The molecular weight excluding hydrogens is 321 g/mol. The van der Waals surface area contributed by atoms with Crippen molar-refractivity contribution >= 4 is 34.0 Å². The monoisotopic (exact) mass is 335 g/mol. The molecule has 1 aromatic carbocycles. The summed E-state index contributed by atoms with van der Waals surface area (Å²) in [5, 5.41) is 10.7. The highest BCUT2D eigenvalue weighted by Gasteiger charge is 2.13. The number of nitrogens with zero attached hydrogens (tertiary/aromatic N) is 2.